The molecule has 0 spiro atoms. The summed E-state index contributed by atoms with van der Waals surface area (Å²) in [6.45, 7) is 3.49. The van der Waals surface area contributed by atoms with Crippen molar-refractivity contribution in [2.75, 3.05) is 20.2 Å². The summed E-state index contributed by atoms with van der Waals surface area (Å²) in [4.78, 5) is 13.8. The van der Waals surface area contributed by atoms with Gasteiger partial charge in [-0.1, -0.05) is 45.8 Å². The van der Waals surface area contributed by atoms with Crippen LogP contribution in [-0.4, -0.2) is 36.2 Å². The highest BCUT2D eigenvalue weighted by molar-refractivity contribution is 9.10. The van der Waals surface area contributed by atoms with Crippen LogP contribution in [0.2, 0.25) is 0 Å². The summed E-state index contributed by atoms with van der Waals surface area (Å²) in [5.41, 5.74) is 3.41. The summed E-state index contributed by atoms with van der Waals surface area (Å²) in [7, 11) is 1.68. The fourth-order valence-electron chi connectivity index (χ4n) is 3.70. The van der Waals surface area contributed by atoms with E-state index in [4.69, 9.17) is 4.74 Å². The van der Waals surface area contributed by atoms with Gasteiger partial charge in [0, 0.05) is 16.6 Å². The zero-order valence-electron chi connectivity index (χ0n) is 15.1. The van der Waals surface area contributed by atoms with Crippen molar-refractivity contribution in [2.45, 2.75) is 25.8 Å². The molecule has 0 radical (unpaired) electrons. The van der Waals surface area contributed by atoms with Gasteiger partial charge in [0.25, 0.3) is 0 Å². The molecule has 2 aromatic carbocycles. The van der Waals surface area contributed by atoms with E-state index >= 15 is 0 Å². The molecule has 1 N–H and O–H groups in total. The van der Waals surface area contributed by atoms with Crippen molar-refractivity contribution in [3.05, 3.63) is 63.6 Å². The minimum absolute atomic E-state index is 0.0369. The molecular weight excluding hydrogens is 394 g/mol. The third-order valence-electron chi connectivity index (χ3n) is 5.05. The Morgan fingerprint density at radius 1 is 1.27 bits per heavy atom. The molecule has 4 nitrogen and oxygen atoms in total. The molecule has 0 bridgehead atoms. The minimum Gasteiger partial charge on any atom is -0.496 e. The summed E-state index contributed by atoms with van der Waals surface area (Å²) in [5, 5.41) is 9.50. The van der Waals surface area contributed by atoms with E-state index in [9.17, 15) is 9.90 Å². The number of methoxy groups -OCH3 is 1. The van der Waals surface area contributed by atoms with E-state index in [0.717, 1.165) is 40.7 Å². The monoisotopic (exact) mass is 417 g/mol. The number of aliphatic carboxylic acids is 1. The van der Waals surface area contributed by atoms with Gasteiger partial charge in [-0.2, -0.15) is 0 Å². The number of benzene rings is 2. The molecule has 2 unspecified atom stereocenters. The number of carboxylic acid groups (broad SMARTS) is 1. The molecular formula is C21H24BrNO3. The molecule has 1 aliphatic heterocycles. The maximum atomic E-state index is 11.6. The second kappa shape index (κ2) is 8.23. The number of hydrogen-bond acceptors (Lipinski definition) is 3. The van der Waals surface area contributed by atoms with E-state index in [1.807, 2.05) is 12.1 Å². The summed E-state index contributed by atoms with van der Waals surface area (Å²) in [6.07, 6.45) is 1.62. The van der Waals surface area contributed by atoms with Gasteiger partial charge < -0.3 is 9.84 Å². The van der Waals surface area contributed by atoms with Crippen LogP contribution < -0.4 is 4.74 Å². The number of halogens is 1. The lowest BCUT2D eigenvalue weighted by Crippen LogP contribution is -2.41. The van der Waals surface area contributed by atoms with Gasteiger partial charge in [0.15, 0.2) is 0 Å². The standard InChI is InChI=1S/C21H24BrNO3/c1-14-5-7-15(8-6-14)20(18-12-17(22)9-10-19(18)26-2)23-11-3-4-16(13-23)21(24)25/h5-10,12,16,20H,3-4,11,13H2,1-2H3,(H,24,25). The number of ether oxygens (including phenoxy) is 1. The third kappa shape index (κ3) is 4.10. The predicted molar refractivity (Wildman–Crippen MR) is 106 cm³/mol. The molecule has 0 aromatic heterocycles. The summed E-state index contributed by atoms with van der Waals surface area (Å²) in [5.74, 6) is -0.218. The predicted octanol–water partition coefficient (Wildman–Crippen LogP) is 4.65. The number of rotatable bonds is 5. The maximum Gasteiger partial charge on any atom is 0.307 e. The smallest absolute Gasteiger partial charge is 0.307 e. The van der Waals surface area contributed by atoms with Gasteiger partial charge in [0.1, 0.15) is 5.75 Å². The first-order valence-corrected chi connectivity index (χ1v) is 9.65. The zero-order valence-corrected chi connectivity index (χ0v) is 16.7. The number of carbonyl (C=O) groups is 1. The van der Waals surface area contributed by atoms with Gasteiger partial charge >= 0.3 is 5.97 Å². The number of carboxylic acids is 1. The lowest BCUT2D eigenvalue weighted by atomic mass is 9.90. The van der Waals surface area contributed by atoms with E-state index in [1.54, 1.807) is 7.11 Å². The Morgan fingerprint density at radius 3 is 2.65 bits per heavy atom. The second-order valence-corrected chi connectivity index (χ2v) is 7.79. The van der Waals surface area contributed by atoms with Crippen molar-refractivity contribution in [2.24, 2.45) is 5.92 Å². The molecule has 0 saturated carbocycles. The number of likely N-dealkylation sites (tertiary alicyclic amines) is 1. The first kappa shape index (κ1) is 18.9. The second-order valence-electron chi connectivity index (χ2n) is 6.87. The van der Waals surface area contributed by atoms with E-state index in [0.29, 0.717) is 6.54 Å². The van der Waals surface area contributed by atoms with Crippen LogP contribution in [0.3, 0.4) is 0 Å². The molecule has 2 atom stereocenters. The van der Waals surface area contributed by atoms with Crippen LogP contribution >= 0.6 is 15.9 Å². The molecule has 0 aliphatic carbocycles. The van der Waals surface area contributed by atoms with Crippen molar-refractivity contribution >= 4 is 21.9 Å². The van der Waals surface area contributed by atoms with Crippen molar-refractivity contribution in [3.8, 4) is 5.75 Å². The van der Waals surface area contributed by atoms with Crippen LogP contribution in [-0.2, 0) is 4.79 Å². The van der Waals surface area contributed by atoms with E-state index in [2.05, 4.69) is 58.1 Å². The molecule has 1 fully saturated rings. The Balaban J connectivity index is 2.06. The molecule has 1 saturated heterocycles. The Kier molecular flexibility index (Phi) is 5.99. The number of piperidine rings is 1. The summed E-state index contributed by atoms with van der Waals surface area (Å²) in [6, 6.07) is 14.4. The SMILES string of the molecule is COc1ccc(Br)cc1C(c1ccc(C)cc1)N1CCCC(C(=O)O)C1. The van der Waals surface area contributed by atoms with E-state index < -0.39 is 5.97 Å². The highest BCUT2D eigenvalue weighted by Gasteiger charge is 2.32. The van der Waals surface area contributed by atoms with Crippen LogP contribution in [0.15, 0.2) is 46.9 Å². The Bertz CT molecular complexity index is 775. The maximum absolute atomic E-state index is 11.6. The number of hydrogen-bond donors (Lipinski definition) is 1. The Hall–Kier alpha value is -1.85. The van der Waals surface area contributed by atoms with Gasteiger partial charge in [-0.3, -0.25) is 9.69 Å². The normalized spacial score (nSPS) is 19.1. The van der Waals surface area contributed by atoms with Crippen LogP contribution in [0.4, 0.5) is 0 Å². The Morgan fingerprint density at radius 2 is 2.00 bits per heavy atom. The lowest BCUT2D eigenvalue weighted by molar-refractivity contribution is -0.143. The molecule has 26 heavy (non-hydrogen) atoms. The average molecular weight is 418 g/mol. The van der Waals surface area contributed by atoms with Gasteiger partial charge in [-0.05, 0) is 50.1 Å². The zero-order chi connectivity index (χ0) is 18.7. The number of aryl methyl sites for hydroxylation is 1. The highest BCUT2D eigenvalue weighted by atomic mass is 79.9. The molecule has 3 rings (SSSR count). The van der Waals surface area contributed by atoms with Gasteiger partial charge in [-0.25, -0.2) is 0 Å². The van der Waals surface area contributed by atoms with Crippen molar-refractivity contribution in [1.82, 2.24) is 4.90 Å². The molecule has 0 amide bonds. The summed E-state index contributed by atoms with van der Waals surface area (Å²) < 4.78 is 6.61. The van der Waals surface area contributed by atoms with E-state index in [1.165, 1.54) is 5.56 Å². The quantitative estimate of drug-likeness (QED) is 0.768. The van der Waals surface area contributed by atoms with Crippen LogP contribution in [0.1, 0.15) is 35.6 Å². The fourth-order valence-corrected chi connectivity index (χ4v) is 4.08. The van der Waals surface area contributed by atoms with E-state index in [-0.39, 0.29) is 12.0 Å². The molecule has 2 aromatic rings. The average Bonchev–Trinajstić information content (AvgIpc) is 2.64. The van der Waals surface area contributed by atoms with Gasteiger partial charge in [0.05, 0.1) is 19.1 Å². The largest absolute Gasteiger partial charge is 0.496 e. The van der Waals surface area contributed by atoms with Gasteiger partial charge in [0.2, 0.25) is 0 Å². The van der Waals surface area contributed by atoms with Crippen LogP contribution in [0, 0.1) is 12.8 Å². The van der Waals surface area contributed by atoms with Crippen molar-refractivity contribution in [3.63, 3.8) is 0 Å². The first-order valence-electron chi connectivity index (χ1n) is 8.86. The van der Waals surface area contributed by atoms with Crippen LogP contribution in [0.5, 0.6) is 5.75 Å². The lowest BCUT2D eigenvalue weighted by Gasteiger charge is -2.38. The Labute approximate surface area is 162 Å². The summed E-state index contributed by atoms with van der Waals surface area (Å²) >= 11 is 3.57. The molecule has 1 heterocycles. The molecule has 1 aliphatic rings. The first-order chi connectivity index (χ1) is 12.5. The third-order valence-corrected chi connectivity index (χ3v) is 5.54. The van der Waals surface area contributed by atoms with Crippen molar-refractivity contribution in [1.29, 1.82) is 0 Å². The van der Waals surface area contributed by atoms with Gasteiger partial charge in [-0.15, -0.1) is 0 Å². The minimum atomic E-state index is -0.710. The highest BCUT2D eigenvalue weighted by Crippen LogP contribution is 2.38. The number of nitrogens with zero attached hydrogens (tertiary/aromatic N) is 1. The molecule has 5 heteroatoms. The fraction of sp³-hybridized carbons (Fsp3) is 0.381. The van der Waals surface area contributed by atoms with Crippen molar-refractivity contribution < 1.29 is 14.6 Å². The van der Waals surface area contributed by atoms with Crippen LogP contribution in [0.25, 0.3) is 0 Å². The molecule has 138 valence electrons. The topological polar surface area (TPSA) is 49.8 Å².